The summed E-state index contributed by atoms with van der Waals surface area (Å²) in [6, 6.07) is 7.58. The number of ketones is 1. The molecule has 6 heteroatoms. The highest BCUT2D eigenvalue weighted by Crippen LogP contribution is 2.17. The van der Waals surface area contributed by atoms with Crippen LogP contribution in [0.5, 0.6) is 0 Å². The summed E-state index contributed by atoms with van der Waals surface area (Å²) in [6.07, 6.45) is 0. The van der Waals surface area contributed by atoms with Gasteiger partial charge in [-0.25, -0.2) is 0 Å². The Kier molecular flexibility index (Phi) is 3.09. The summed E-state index contributed by atoms with van der Waals surface area (Å²) in [5.74, 6) is 0.522. The molecule has 0 amide bonds. The van der Waals surface area contributed by atoms with Crippen LogP contribution in [-0.4, -0.2) is 26.0 Å². The molecule has 2 aromatic rings. The Labute approximate surface area is 101 Å². The first-order valence-corrected chi connectivity index (χ1v) is 5.47. The minimum atomic E-state index is -0.000226. The van der Waals surface area contributed by atoms with Crippen LogP contribution < -0.4 is 0 Å². The molecule has 1 aromatic carbocycles. The Morgan fingerprint density at radius 3 is 2.69 bits per heavy atom. The lowest BCUT2D eigenvalue weighted by Crippen LogP contribution is -2.09. The molecule has 5 nitrogen and oxygen atoms in total. The average Bonchev–Trinajstić information content (AvgIpc) is 2.66. The van der Waals surface area contributed by atoms with Gasteiger partial charge in [0.2, 0.25) is 5.82 Å². The topological polar surface area (TPSA) is 60.7 Å². The molecule has 0 N–H and O–H groups in total. The molecular weight excluding hydrogens is 272 g/mol. The number of aromatic nitrogens is 4. The van der Waals surface area contributed by atoms with Gasteiger partial charge in [0.1, 0.15) is 6.54 Å². The molecule has 1 heterocycles. The van der Waals surface area contributed by atoms with E-state index in [2.05, 4.69) is 31.3 Å². The van der Waals surface area contributed by atoms with Gasteiger partial charge < -0.3 is 0 Å². The minimum Gasteiger partial charge on any atom is -0.298 e. The SMILES string of the molecule is CC(=O)Cn1nnc(-c2ccc(Br)cc2)n1. The standard InChI is InChI=1S/C10H9BrN4O/c1-7(16)6-15-13-10(12-14-15)8-2-4-9(11)5-3-8/h2-5H,6H2,1H3. The van der Waals surface area contributed by atoms with E-state index in [0.29, 0.717) is 5.82 Å². The lowest BCUT2D eigenvalue weighted by atomic mass is 10.2. The second kappa shape index (κ2) is 4.52. The maximum atomic E-state index is 10.9. The van der Waals surface area contributed by atoms with Crippen molar-refractivity contribution in [2.45, 2.75) is 13.5 Å². The third-order valence-corrected chi connectivity index (χ3v) is 2.45. The maximum absolute atomic E-state index is 10.9. The number of benzene rings is 1. The van der Waals surface area contributed by atoms with Gasteiger partial charge in [-0.15, -0.1) is 10.2 Å². The number of tetrazole rings is 1. The molecule has 0 saturated heterocycles. The van der Waals surface area contributed by atoms with Gasteiger partial charge in [-0.2, -0.15) is 4.80 Å². The molecule has 0 saturated carbocycles. The number of nitrogens with zero attached hydrogens (tertiary/aromatic N) is 4. The van der Waals surface area contributed by atoms with E-state index in [1.165, 1.54) is 11.7 Å². The normalized spacial score (nSPS) is 10.4. The molecule has 0 bridgehead atoms. The number of halogens is 1. The quantitative estimate of drug-likeness (QED) is 0.859. The monoisotopic (exact) mass is 280 g/mol. The van der Waals surface area contributed by atoms with E-state index in [1.54, 1.807) is 0 Å². The lowest BCUT2D eigenvalue weighted by molar-refractivity contribution is -0.117. The van der Waals surface area contributed by atoms with Gasteiger partial charge in [0.25, 0.3) is 0 Å². The van der Waals surface area contributed by atoms with Crippen molar-refractivity contribution in [1.82, 2.24) is 20.2 Å². The number of hydrogen-bond acceptors (Lipinski definition) is 4. The van der Waals surface area contributed by atoms with E-state index in [1.807, 2.05) is 24.3 Å². The fourth-order valence-corrected chi connectivity index (χ4v) is 1.49. The molecule has 2 rings (SSSR count). The van der Waals surface area contributed by atoms with Crippen molar-refractivity contribution in [2.75, 3.05) is 0 Å². The van der Waals surface area contributed by atoms with Gasteiger partial charge in [-0.1, -0.05) is 15.9 Å². The fourth-order valence-electron chi connectivity index (χ4n) is 1.22. The number of carbonyl (C=O) groups is 1. The van der Waals surface area contributed by atoms with E-state index in [9.17, 15) is 4.79 Å². The summed E-state index contributed by atoms with van der Waals surface area (Å²) in [6.45, 7) is 1.65. The van der Waals surface area contributed by atoms with Crippen LogP contribution in [0.4, 0.5) is 0 Å². The summed E-state index contributed by atoms with van der Waals surface area (Å²) in [7, 11) is 0. The molecule has 0 aliphatic carbocycles. The van der Waals surface area contributed by atoms with E-state index in [-0.39, 0.29) is 12.3 Å². The smallest absolute Gasteiger partial charge is 0.204 e. The van der Waals surface area contributed by atoms with Crippen LogP contribution in [0.1, 0.15) is 6.92 Å². The molecule has 0 aliphatic heterocycles. The van der Waals surface area contributed by atoms with Gasteiger partial charge in [0.05, 0.1) is 0 Å². The number of rotatable bonds is 3. The van der Waals surface area contributed by atoms with Gasteiger partial charge >= 0.3 is 0 Å². The number of hydrogen-bond donors (Lipinski definition) is 0. The van der Waals surface area contributed by atoms with Crippen molar-refractivity contribution >= 4 is 21.7 Å². The molecule has 0 radical (unpaired) electrons. The van der Waals surface area contributed by atoms with Gasteiger partial charge in [0, 0.05) is 10.0 Å². The van der Waals surface area contributed by atoms with Crippen molar-refractivity contribution in [3.8, 4) is 11.4 Å². The van der Waals surface area contributed by atoms with Crippen molar-refractivity contribution < 1.29 is 4.79 Å². The Bertz CT molecular complexity index is 506. The first kappa shape index (κ1) is 10.9. The Hall–Kier alpha value is -1.56. The van der Waals surface area contributed by atoms with Crippen molar-refractivity contribution in [1.29, 1.82) is 0 Å². The zero-order valence-electron chi connectivity index (χ0n) is 8.59. The predicted octanol–water partition coefficient (Wildman–Crippen LogP) is 1.69. The summed E-state index contributed by atoms with van der Waals surface area (Å²) in [4.78, 5) is 12.2. The second-order valence-corrected chi connectivity index (χ2v) is 4.27. The van der Waals surface area contributed by atoms with E-state index in [4.69, 9.17) is 0 Å². The van der Waals surface area contributed by atoms with Gasteiger partial charge in [-0.05, 0) is 36.4 Å². The van der Waals surface area contributed by atoms with Gasteiger partial charge in [-0.3, -0.25) is 4.79 Å². The molecule has 0 fully saturated rings. The fraction of sp³-hybridized carbons (Fsp3) is 0.200. The maximum Gasteiger partial charge on any atom is 0.204 e. The number of Topliss-reactive ketones (excluding diaryl/α,β-unsaturated/α-hetero) is 1. The van der Waals surface area contributed by atoms with Gasteiger partial charge in [0.15, 0.2) is 5.78 Å². The molecule has 0 aliphatic rings. The van der Waals surface area contributed by atoms with Crippen LogP contribution in [-0.2, 0) is 11.3 Å². The van der Waals surface area contributed by atoms with Crippen molar-refractivity contribution in [3.63, 3.8) is 0 Å². The van der Waals surface area contributed by atoms with E-state index >= 15 is 0 Å². The predicted molar refractivity (Wildman–Crippen MR) is 61.6 cm³/mol. The first-order chi connectivity index (χ1) is 7.65. The lowest BCUT2D eigenvalue weighted by Gasteiger charge is -1.94. The summed E-state index contributed by atoms with van der Waals surface area (Å²) in [5.41, 5.74) is 0.873. The minimum absolute atomic E-state index is 0.000226. The zero-order valence-corrected chi connectivity index (χ0v) is 10.2. The molecule has 0 atom stereocenters. The van der Waals surface area contributed by atoms with Crippen LogP contribution in [0.15, 0.2) is 28.7 Å². The molecule has 0 spiro atoms. The summed E-state index contributed by atoms with van der Waals surface area (Å²) in [5, 5.41) is 11.8. The molecule has 1 aromatic heterocycles. The third kappa shape index (κ3) is 2.52. The Morgan fingerprint density at radius 1 is 1.38 bits per heavy atom. The van der Waals surface area contributed by atoms with Crippen LogP contribution in [0.2, 0.25) is 0 Å². The molecule has 16 heavy (non-hydrogen) atoms. The highest BCUT2D eigenvalue weighted by Gasteiger charge is 2.06. The summed E-state index contributed by atoms with van der Waals surface area (Å²) < 4.78 is 0.993. The Balaban J connectivity index is 2.24. The third-order valence-electron chi connectivity index (χ3n) is 1.92. The summed E-state index contributed by atoms with van der Waals surface area (Å²) >= 11 is 3.35. The van der Waals surface area contributed by atoms with Crippen LogP contribution >= 0.6 is 15.9 Å². The largest absolute Gasteiger partial charge is 0.298 e. The van der Waals surface area contributed by atoms with Crippen molar-refractivity contribution in [3.05, 3.63) is 28.7 Å². The highest BCUT2D eigenvalue weighted by atomic mass is 79.9. The van der Waals surface area contributed by atoms with E-state index in [0.717, 1.165) is 10.0 Å². The number of carbonyl (C=O) groups excluding carboxylic acids is 1. The second-order valence-electron chi connectivity index (χ2n) is 3.35. The van der Waals surface area contributed by atoms with Crippen LogP contribution in [0, 0.1) is 0 Å². The van der Waals surface area contributed by atoms with Crippen molar-refractivity contribution in [2.24, 2.45) is 0 Å². The Morgan fingerprint density at radius 2 is 2.06 bits per heavy atom. The highest BCUT2D eigenvalue weighted by molar-refractivity contribution is 9.10. The molecular formula is C10H9BrN4O. The first-order valence-electron chi connectivity index (χ1n) is 4.68. The van der Waals surface area contributed by atoms with E-state index < -0.39 is 0 Å². The molecule has 0 unspecified atom stereocenters. The zero-order chi connectivity index (χ0) is 11.5. The average molecular weight is 281 g/mol. The molecule has 82 valence electrons. The van der Waals surface area contributed by atoms with Crippen LogP contribution in [0.25, 0.3) is 11.4 Å². The van der Waals surface area contributed by atoms with Crippen LogP contribution in [0.3, 0.4) is 0 Å².